The molecule has 3 N–H and O–H groups in total. The molecular formula is C32H40N2O2. The Bertz CT molecular complexity index is 1170. The van der Waals surface area contributed by atoms with Gasteiger partial charge in [0, 0.05) is 41.9 Å². The number of aromatic carboxylic acids is 1. The van der Waals surface area contributed by atoms with Gasteiger partial charge in [0.1, 0.15) is 0 Å². The summed E-state index contributed by atoms with van der Waals surface area (Å²) in [6.07, 6.45) is 10.6. The van der Waals surface area contributed by atoms with Crippen LogP contribution in [0.5, 0.6) is 0 Å². The molecule has 4 heteroatoms. The molecule has 1 atom stereocenters. The molecule has 1 heterocycles. The SMILES string of the molecule is CC1(C)C(c2ccc(C(=O)O)cc2)=CC[C@]2(C)CN(C3CCC(CN)(c4ccccc4)CC3)CC=C12. The minimum atomic E-state index is -0.878. The first-order valence-corrected chi connectivity index (χ1v) is 13.4. The van der Waals surface area contributed by atoms with Crippen LogP contribution in [0.15, 0.2) is 72.3 Å². The summed E-state index contributed by atoms with van der Waals surface area (Å²) in [6, 6.07) is 18.9. The van der Waals surface area contributed by atoms with Crippen LogP contribution in [0.1, 0.15) is 74.4 Å². The van der Waals surface area contributed by atoms with Gasteiger partial charge in [-0.05, 0) is 60.9 Å². The van der Waals surface area contributed by atoms with Crippen LogP contribution in [0.2, 0.25) is 0 Å². The Morgan fingerprint density at radius 1 is 1.00 bits per heavy atom. The second-order valence-electron chi connectivity index (χ2n) is 12.0. The molecule has 2 aliphatic carbocycles. The highest BCUT2D eigenvalue weighted by atomic mass is 16.4. The molecule has 0 saturated heterocycles. The fourth-order valence-electron chi connectivity index (χ4n) is 7.44. The summed E-state index contributed by atoms with van der Waals surface area (Å²) in [5.74, 6) is -0.878. The quantitative estimate of drug-likeness (QED) is 0.490. The largest absolute Gasteiger partial charge is 0.478 e. The number of carboxylic acids is 1. The van der Waals surface area contributed by atoms with Crippen LogP contribution in [0, 0.1) is 10.8 Å². The lowest BCUT2D eigenvalue weighted by molar-refractivity contribution is 0.0697. The van der Waals surface area contributed by atoms with E-state index in [1.807, 2.05) is 12.1 Å². The average molecular weight is 485 g/mol. The van der Waals surface area contributed by atoms with Crippen molar-refractivity contribution in [3.63, 3.8) is 0 Å². The number of carbonyl (C=O) groups is 1. The first-order chi connectivity index (χ1) is 17.2. The van der Waals surface area contributed by atoms with Crippen LogP contribution in [-0.2, 0) is 5.41 Å². The molecule has 1 fully saturated rings. The van der Waals surface area contributed by atoms with E-state index in [1.54, 1.807) is 12.1 Å². The fourth-order valence-corrected chi connectivity index (χ4v) is 7.44. The summed E-state index contributed by atoms with van der Waals surface area (Å²) in [6.45, 7) is 9.92. The predicted octanol–water partition coefficient (Wildman–Crippen LogP) is 6.29. The fraction of sp³-hybridized carbons (Fsp3) is 0.469. The molecule has 36 heavy (non-hydrogen) atoms. The van der Waals surface area contributed by atoms with Crippen molar-refractivity contribution in [2.75, 3.05) is 19.6 Å². The van der Waals surface area contributed by atoms with E-state index in [-0.39, 0.29) is 16.2 Å². The van der Waals surface area contributed by atoms with E-state index in [0.29, 0.717) is 11.6 Å². The summed E-state index contributed by atoms with van der Waals surface area (Å²) in [7, 11) is 0. The van der Waals surface area contributed by atoms with Crippen LogP contribution in [-0.4, -0.2) is 41.7 Å². The zero-order valence-electron chi connectivity index (χ0n) is 22.0. The molecule has 5 rings (SSSR count). The van der Waals surface area contributed by atoms with Gasteiger partial charge in [0.15, 0.2) is 0 Å². The van der Waals surface area contributed by atoms with Gasteiger partial charge in [0.2, 0.25) is 0 Å². The Balaban J connectivity index is 1.32. The van der Waals surface area contributed by atoms with Crippen molar-refractivity contribution >= 4 is 11.5 Å². The molecule has 4 nitrogen and oxygen atoms in total. The van der Waals surface area contributed by atoms with Gasteiger partial charge in [-0.15, -0.1) is 0 Å². The Kier molecular flexibility index (Phi) is 6.46. The van der Waals surface area contributed by atoms with Crippen LogP contribution in [0.25, 0.3) is 5.57 Å². The third-order valence-corrected chi connectivity index (χ3v) is 9.48. The number of nitrogens with zero attached hydrogens (tertiary/aromatic N) is 1. The van der Waals surface area contributed by atoms with E-state index in [0.717, 1.165) is 44.5 Å². The third-order valence-electron chi connectivity index (χ3n) is 9.48. The second-order valence-corrected chi connectivity index (χ2v) is 12.0. The summed E-state index contributed by atoms with van der Waals surface area (Å²) in [4.78, 5) is 14.0. The number of carboxylic acid groups (broad SMARTS) is 1. The maximum absolute atomic E-state index is 11.3. The van der Waals surface area contributed by atoms with Gasteiger partial charge in [-0.2, -0.15) is 0 Å². The molecule has 0 aromatic heterocycles. The van der Waals surface area contributed by atoms with Crippen molar-refractivity contribution in [3.05, 3.63) is 89.0 Å². The maximum atomic E-state index is 11.3. The molecule has 1 aliphatic heterocycles. The standard InChI is InChI=1S/C32H40N2O2/c1-30(2)27(23-9-11-24(12-10-23)29(35)36)15-17-31(3)22-34(20-16-28(30)31)26-13-18-32(21-33,19-14-26)25-7-5-4-6-8-25/h4-12,15-16,26H,13-14,17-22,33H2,1-3H3,(H,35,36)/t26?,31-,32?/m1/s1. The lowest BCUT2D eigenvalue weighted by Crippen LogP contribution is -2.52. The molecule has 0 unspecified atom stereocenters. The van der Waals surface area contributed by atoms with Gasteiger partial charge in [-0.1, -0.05) is 81.0 Å². The summed E-state index contributed by atoms with van der Waals surface area (Å²) < 4.78 is 0. The topological polar surface area (TPSA) is 66.6 Å². The lowest BCUT2D eigenvalue weighted by Gasteiger charge is -2.53. The monoisotopic (exact) mass is 484 g/mol. The Morgan fingerprint density at radius 3 is 2.28 bits per heavy atom. The highest BCUT2D eigenvalue weighted by Crippen LogP contribution is 2.56. The second kappa shape index (κ2) is 9.32. The number of fused-ring (bicyclic) bond motifs is 1. The van der Waals surface area contributed by atoms with E-state index in [1.165, 1.54) is 29.6 Å². The van der Waals surface area contributed by atoms with Crippen molar-refractivity contribution < 1.29 is 9.90 Å². The molecule has 0 amide bonds. The smallest absolute Gasteiger partial charge is 0.335 e. The number of allylic oxidation sites excluding steroid dienone is 2. The number of nitrogens with two attached hydrogens (primary N) is 1. The van der Waals surface area contributed by atoms with Crippen molar-refractivity contribution in [2.24, 2.45) is 16.6 Å². The highest BCUT2D eigenvalue weighted by molar-refractivity contribution is 5.88. The zero-order valence-corrected chi connectivity index (χ0v) is 22.0. The van der Waals surface area contributed by atoms with Crippen molar-refractivity contribution in [2.45, 2.75) is 64.3 Å². The molecular weight excluding hydrogens is 444 g/mol. The molecule has 0 spiro atoms. The van der Waals surface area contributed by atoms with Crippen molar-refractivity contribution in [1.82, 2.24) is 4.90 Å². The molecule has 0 radical (unpaired) electrons. The van der Waals surface area contributed by atoms with E-state index in [9.17, 15) is 9.90 Å². The van der Waals surface area contributed by atoms with Crippen LogP contribution in [0.3, 0.4) is 0 Å². The van der Waals surface area contributed by atoms with Crippen molar-refractivity contribution in [1.29, 1.82) is 0 Å². The number of benzene rings is 2. The van der Waals surface area contributed by atoms with E-state index in [4.69, 9.17) is 5.73 Å². The highest BCUT2D eigenvalue weighted by Gasteiger charge is 2.47. The number of rotatable bonds is 5. The minimum absolute atomic E-state index is 0.0849. The van der Waals surface area contributed by atoms with E-state index < -0.39 is 5.97 Å². The first-order valence-electron chi connectivity index (χ1n) is 13.4. The molecule has 2 aromatic rings. The van der Waals surface area contributed by atoms with Crippen molar-refractivity contribution in [3.8, 4) is 0 Å². The predicted molar refractivity (Wildman–Crippen MR) is 147 cm³/mol. The maximum Gasteiger partial charge on any atom is 0.335 e. The zero-order chi connectivity index (χ0) is 25.6. The molecule has 2 aromatic carbocycles. The lowest BCUT2D eigenvalue weighted by atomic mass is 9.58. The van der Waals surface area contributed by atoms with Gasteiger partial charge in [-0.25, -0.2) is 4.79 Å². The number of hydrogen-bond acceptors (Lipinski definition) is 3. The summed E-state index contributed by atoms with van der Waals surface area (Å²) >= 11 is 0. The van der Waals surface area contributed by atoms with Gasteiger partial charge < -0.3 is 10.8 Å². The van der Waals surface area contributed by atoms with Crippen LogP contribution < -0.4 is 5.73 Å². The summed E-state index contributed by atoms with van der Waals surface area (Å²) in [5, 5.41) is 9.28. The summed E-state index contributed by atoms with van der Waals surface area (Å²) in [5.41, 5.74) is 12.2. The van der Waals surface area contributed by atoms with Crippen LogP contribution >= 0.6 is 0 Å². The third kappa shape index (κ3) is 4.25. The van der Waals surface area contributed by atoms with Crippen LogP contribution in [0.4, 0.5) is 0 Å². The Morgan fingerprint density at radius 2 is 1.67 bits per heavy atom. The molecule has 0 bridgehead atoms. The molecule has 190 valence electrons. The van der Waals surface area contributed by atoms with Gasteiger partial charge in [-0.3, -0.25) is 4.90 Å². The molecule has 3 aliphatic rings. The average Bonchev–Trinajstić information content (AvgIpc) is 2.89. The Hall–Kier alpha value is -2.69. The molecule has 1 saturated carbocycles. The first kappa shape index (κ1) is 25.0. The normalized spacial score (nSPS) is 30.2. The Labute approximate surface area is 215 Å². The van der Waals surface area contributed by atoms with E-state index in [2.05, 4.69) is 68.2 Å². The minimum Gasteiger partial charge on any atom is -0.478 e. The number of hydrogen-bond donors (Lipinski definition) is 2. The van der Waals surface area contributed by atoms with Gasteiger partial charge >= 0.3 is 5.97 Å². The van der Waals surface area contributed by atoms with E-state index >= 15 is 0 Å². The van der Waals surface area contributed by atoms with Gasteiger partial charge in [0.25, 0.3) is 0 Å². The van der Waals surface area contributed by atoms with Gasteiger partial charge in [0.05, 0.1) is 5.56 Å².